The molecule has 1 unspecified atom stereocenters. The molecular weight excluding hydrogens is 306 g/mol. The zero-order valence-electron chi connectivity index (χ0n) is 14.2. The Hall–Kier alpha value is -1.25. The highest BCUT2D eigenvalue weighted by molar-refractivity contribution is 5.87. The van der Waals surface area contributed by atoms with Crippen LogP contribution in [0.1, 0.15) is 74.0 Å². The van der Waals surface area contributed by atoms with E-state index in [-0.39, 0.29) is 11.8 Å². The average Bonchev–Trinajstić information content (AvgIpc) is 3.09. The predicted octanol–water partition coefficient (Wildman–Crippen LogP) is 5.23. The molecule has 3 heteroatoms. The first-order chi connectivity index (χ1) is 11.4. The molecule has 128 valence electrons. The summed E-state index contributed by atoms with van der Waals surface area (Å²) in [5.41, 5.74) is 3.42. The molecule has 3 fully saturated rings. The maximum Gasteiger partial charge on any atom is 0.255 e. The molecule has 1 aromatic rings. The number of alkyl halides is 2. The van der Waals surface area contributed by atoms with Gasteiger partial charge >= 0.3 is 0 Å². The van der Waals surface area contributed by atoms with Gasteiger partial charge in [0.15, 0.2) is 0 Å². The quantitative estimate of drug-likeness (QED) is 0.689. The number of fused-ring (bicyclic) bond motifs is 5. The van der Waals surface area contributed by atoms with Crippen molar-refractivity contribution < 1.29 is 13.6 Å². The van der Waals surface area contributed by atoms with Crippen LogP contribution < -0.4 is 0 Å². The molecule has 0 radical (unpaired) electrons. The van der Waals surface area contributed by atoms with E-state index in [4.69, 9.17) is 0 Å². The molecule has 0 N–H and O–H groups in total. The van der Waals surface area contributed by atoms with Crippen molar-refractivity contribution in [1.82, 2.24) is 0 Å². The Morgan fingerprint density at radius 1 is 1.12 bits per heavy atom. The van der Waals surface area contributed by atoms with Crippen molar-refractivity contribution in [3.8, 4) is 0 Å². The van der Waals surface area contributed by atoms with Crippen LogP contribution in [0.15, 0.2) is 18.2 Å². The van der Waals surface area contributed by atoms with Crippen LogP contribution in [0.3, 0.4) is 0 Å². The van der Waals surface area contributed by atoms with E-state index in [9.17, 15) is 13.6 Å². The van der Waals surface area contributed by atoms with Crippen LogP contribution in [0.5, 0.6) is 0 Å². The fourth-order valence-electron chi connectivity index (χ4n) is 6.16. The Morgan fingerprint density at radius 3 is 2.67 bits per heavy atom. The first-order valence-electron chi connectivity index (χ1n) is 9.44. The third-order valence-electron chi connectivity index (χ3n) is 7.69. The summed E-state index contributed by atoms with van der Waals surface area (Å²) < 4.78 is 26.8. The zero-order chi connectivity index (χ0) is 16.7. The summed E-state index contributed by atoms with van der Waals surface area (Å²) >= 11 is 0. The Bertz CT molecular complexity index is 725. The van der Waals surface area contributed by atoms with E-state index in [0.717, 1.165) is 44.1 Å². The summed E-state index contributed by atoms with van der Waals surface area (Å²) in [6.45, 7) is 2.19. The molecule has 5 rings (SSSR count). The van der Waals surface area contributed by atoms with Crippen molar-refractivity contribution in [3.63, 3.8) is 0 Å². The van der Waals surface area contributed by atoms with Gasteiger partial charge in [0.1, 0.15) is 5.78 Å². The fourth-order valence-corrected chi connectivity index (χ4v) is 6.16. The van der Waals surface area contributed by atoms with E-state index in [0.29, 0.717) is 23.5 Å². The number of Topliss-reactive ketones (excluding diaryl/α,β-unsaturated/α-hetero) is 1. The summed E-state index contributed by atoms with van der Waals surface area (Å²) in [4.78, 5) is 12.4. The number of rotatable bonds is 1. The van der Waals surface area contributed by atoms with Gasteiger partial charge in [-0.05, 0) is 66.5 Å². The second kappa shape index (κ2) is 4.68. The minimum atomic E-state index is -2.48. The van der Waals surface area contributed by atoms with Gasteiger partial charge in [-0.1, -0.05) is 25.1 Å². The lowest BCUT2D eigenvalue weighted by molar-refractivity contribution is -0.129. The normalized spacial score (nSPS) is 42.2. The van der Waals surface area contributed by atoms with Crippen molar-refractivity contribution in [2.45, 2.75) is 69.6 Å². The van der Waals surface area contributed by atoms with E-state index in [2.05, 4.69) is 19.1 Å². The van der Waals surface area contributed by atoms with Crippen LogP contribution in [-0.2, 0) is 11.2 Å². The minimum Gasteiger partial charge on any atom is -0.299 e. The van der Waals surface area contributed by atoms with Crippen molar-refractivity contribution >= 4 is 5.78 Å². The van der Waals surface area contributed by atoms with Crippen LogP contribution in [-0.4, -0.2) is 11.7 Å². The molecule has 0 amide bonds. The first kappa shape index (κ1) is 15.0. The Morgan fingerprint density at radius 2 is 1.92 bits per heavy atom. The van der Waals surface area contributed by atoms with Gasteiger partial charge in [-0.15, -0.1) is 0 Å². The third kappa shape index (κ3) is 1.93. The number of carbonyl (C=O) groups is 1. The number of ketones is 1. The van der Waals surface area contributed by atoms with Gasteiger partial charge < -0.3 is 0 Å². The Balaban J connectivity index is 1.47. The summed E-state index contributed by atoms with van der Waals surface area (Å²) in [7, 11) is 0. The number of benzene rings is 1. The van der Waals surface area contributed by atoms with Gasteiger partial charge in [0.05, 0.1) is 5.92 Å². The highest BCUT2D eigenvalue weighted by atomic mass is 19.3. The number of aryl methyl sites for hydroxylation is 1. The van der Waals surface area contributed by atoms with Crippen molar-refractivity contribution in [2.24, 2.45) is 17.3 Å². The minimum absolute atomic E-state index is 0.0143. The van der Waals surface area contributed by atoms with Gasteiger partial charge in [0, 0.05) is 18.3 Å². The molecule has 24 heavy (non-hydrogen) atoms. The lowest BCUT2D eigenvalue weighted by Gasteiger charge is -2.48. The lowest BCUT2D eigenvalue weighted by Crippen LogP contribution is -2.42. The summed E-state index contributed by atoms with van der Waals surface area (Å²) in [6, 6.07) is 6.14. The molecule has 1 nitrogen and oxygen atoms in total. The molecule has 0 aliphatic heterocycles. The average molecular weight is 330 g/mol. The molecular formula is C21H24F2O. The van der Waals surface area contributed by atoms with Crippen LogP contribution in [0, 0.1) is 17.3 Å². The third-order valence-corrected chi connectivity index (χ3v) is 7.69. The SMILES string of the molecule is C[C@@]12CC[C@H]3c4ccc(C5CC5(F)F)cc4CC[C@@H]3[C@H]1CCC2=O. The highest BCUT2D eigenvalue weighted by Gasteiger charge is 2.58. The van der Waals surface area contributed by atoms with E-state index < -0.39 is 11.8 Å². The van der Waals surface area contributed by atoms with Gasteiger partial charge in [0.25, 0.3) is 5.92 Å². The Kier molecular flexibility index (Phi) is 2.93. The van der Waals surface area contributed by atoms with Crippen molar-refractivity contribution in [3.05, 3.63) is 34.9 Å². The first-order valence-corrected chi connectivity index (χ1v) is 9.44. The fraction of sp³-hybridized carbons (Fsp3) is 0.667. The number of halogens is 2. The standard InChI is InChI=1S/C21H24F2O/c1-20-9-8-15-14-4-3-13(18-11-21(18,22)23)10-12(14)2-5-16(15)17(20)6-7-19(20)24/h3-4,10,15-18H,2,5-9,11H2,1H3/t15-,16-,17+,18?,20+/m0/s1. The van der Waals surface area contributed by atoms with E-state index in [1.807, 2.05) is 6.07 Å². The van der Waals surface area contributed by atoms with Crippen LogP contribution in [0.25, 0.3) is 0 Å². The van der Waals surface area contributed by atoms with Crippen LogP contribution in [0.2, 0.25) is 0 Å². The molecule has 1 aromatic carbocycles. The van der Waals surface area contributed by atoms with Crippen LogP contribution >= 0.6 is 0 Å². The molecule has 0 spiro atoms. The number of hydrogen-bond donors (Lipinski definition) is 0. The van der Waals surface area contributed by atoms with Gasteiger partial charge in [-0.25, -0.2) is 8.78 Å². The number of hydrogen-bond acceptors (Lipinski definition) is 1. The molecule has 0 heterocycles. The largest absolute Gasteiger partial charge is 0.299 e. The summed E-state index contributed by atoms with van der Waals surface area (Å²) in [6.07, 6.45) is 6.01. The topological polar surface area (TPSA) is 17.1 Å². The van der Waals surface area contributed by atoms with E-state index >= 15 is 0 Å². The van der Waals surface area contributed by atoms with E-state index in [1.165, 1.54) is 11.1 Å². The lowest BCUT2D eigenvalue weighted by atomic mass is 9.55. The van der Waals surface area contributed by atoms with Gasteiger partial charge in [-0.3, -0.25) is 4.79 Å². The molecule has 0 saturated heterocycles. The summed E-state index contributed by atoms with van der Waals surface area (Å²) in [5.74, 6) is -0.889. The predicted molar refractivity (Wildman–Crippen MR) is 88.4 cm³/mol. The number of carbonyl (C=O) groups excluding carboxylic acids is 1. The highest BCUT2D eigenvalue weighted by Crippen LogP contribution is 2.60. The molecule has 4 aliphatic rings. The smallest absolute Gasteiger partial charge is 0.255 e. The van der Waals surface area contributed by atoms with E-state index in [1.54, 1.807) is 0 Å². The monoisotopic (exact) mass is 330 g/mol. The van der Waals surface area contributed by atoms with Crippen molar-refractivity contribution in [1.29, 1.82) is 0 Å². The van der Waals surface area contributed by atoms with Gasteiger partial charge in [-0.2, -0.15) is 0 Å². The zero-order valence-corrected chi connectivity index (χ0v) is 14.2. The second-order valence-electron chi connectivity index (χ2n) is 8.81. The molecule has 0 aromatic heterocycles. The molecule has 5 atom stereocenters. The summed E-state index contributed by atoms with van der Waals surface area (Å²) in [5, 5.41) is 0. The van der Waals surface area contributed by atoms with Gasteiger partial charge in [0.2, 0.25) is 0 Å². The van der Waals surface area contributed by atoms with Crippen molar-refractivity contribution in [2.75, 3.05) is 0 Å². The maximum atomic E-state index is 13.4. The molecule has 3 saturated carbocycles. The van der Waals surface area contributed by atoms with Crippen LogP contribution in [0.4, 0.5) is 8.78 Å². The maximum absolute atomic E-state index is 13.4. The molecule has 0 bridgehead atoms. The second-order valence-corrected chi connectivity index (χ2v) is 8.81. The Labute approximate surface area is 141 Å². The molecule has 4 aliphatic carbocycles.